The highest BCUT2D eigenvalue weighted by molar-refractivity contribution is 6.33. The number of nitrogens with one attached hydrogen (secondary N) is 1. The molecule has 0 spiro atoms. The number of aromatic nitrogens is 2. The van der Waals surface area contributed by atoms with Crippen molar-refractivity contribution in [1.82, 2.24) is 20.0 Å². The van der Waals surface area contributed by atoms with E-state index in [1.54, 1.807) is 29.1 Å². The van der Waals surface area contributed by atoms with Gasteiger partial charge in [0.05, 0.1) is 29.5 Å². The topological polar surface area (TPSA) is 70.5 Å². The molecule has 2 aromatic rings. The molecule has 0 saturated carbocycles. The summed E-state index contributed by atoms with van der Waals surface area (Å²) in [6, 6.07) is 6.76. The second-order valence-corrected chi connectivity index (χ2v) is 6.77. The zero-order chi connectivity index (χ0) is 18.7. The Morgan fingerprint density at radius 1 is 1.42 bits per heavy atom. The van der Waals surface area contributed by atoms with Crippen molar-refractivity contribution in [1.29, 1.82) is 0 Å². The summed E-state index contributed by atoms with van der Waals surface area (Å²) in [5, 5.41) is 7.66. The van der Waals surface area contributed by atoms with Crippen molar-refractivity contribution >= 4 is 29.2 Å². The van der Waals surface area contributed by atoms with Crippen molar-refractivity contribution in [3.8, 4) is 0 Å². The fourth-order valence-corrected chi connectivity index (χ4v) is 3.24. The third kappa shape index (κ3) is 3.99. The molecule has 1 aliphatic rings. The van der Waals surface area contributed by atoms with Gasteiger partial charge in [-0.1, -0.05) is 23.7 Å². The molecular formula is C18H22ClN5O2. The number of urea groups is 1. The van der Waals surface area contributed by atoms with Crippen LogP contribution in [0.15, 0.2) is 36.7 Å². The largest absolute Gasteiger partial charge is 0.333 e. The maximum absolute atomic E-state index is 12.4. The van der Waals surface area contributed by atoms with E-state index >= 15 is 0 Å². The smallest absolute Gasteiger partial charge is 0.317 e. The molecule has 0 aliphatic carbocycles. The number of para-hydroxylation sites is 1. The van der Waals surface area contributed by atoms with Crippen molar-refractivity contribution < 1.29 is 9.59 Å². The highest BCUT2D eigenvalue weighted by Gasteiger charge is 2.33. The van der Waals surface area contributed by atoms with Gasteiger partial charge in [-0.25, -0.2) is 4.79 Å². The summed E-state index contributed by atoms with van der Waals surface area (Å²) in [5.41, 5.74) is 1.64. The van der Waals surface area contributed by atoms with Crippen molar-refractivity contribution in [2.75, 3.05) is 18.5 Å². The number of benzene rings is 1. The SMILES string of the molecule is CCn1cc(CN(C)C(=O)N[C@H]2CC(=O)N(c3ccccc3Cl)C2)cn1. The van der Waals surface area contributed by atoms with Gasteiger partial charge in [-0.05, 0) is 19.1 Å². The van der Waals surface area contributed by atoms with E-state index in [9.17, 15) is 9.59 Å². The third-order valence-electron chi connectivity index (χ3n) is 4.37. The van der Waals surface area contributed by atoms with E-state index in [-0.39, 0.29) is 24.4 Å². The average molecular weight is 376 g/mol. The van der Waals surface area contributed by atoms with Crippen LogP contribution in [0.1, 0.15) is 18.9 Å². The van der Waals surface area contributed by atoms with Crippen LogP contribution < -0.4 is 10.2 Å². The first-order valence-corrected chi connectivity index (χ1v) is 8.93. The number of anilines is 1. The Hall–Kier alpha value is -2.54. The molecule has 7 nitrogen and oxygen atoms in total. The molecule has 1 aliphatic heterocycles. The number of hydrogen-bond acceptors (Lipinski definition) is 3. The van der Waals surface area contributed by atoms with Crippen molar-refractivity contribution in [2.24, 2.45) is 0 Å². The Labute approximate surface area is 157 Å². The summed E-state index contributed by atoms with van der Waals surface area (Å²) in [4.78, 5) is 27.9. The van der Waals surface area contributed by atoms with Crippen LogP contribution in [0.5, 0.6) is 0 Å². The van der Waals surface area contributed by atoms with Crippen LogP contribution in [0.4, 0.5) is 10.5 Å². The Morgan fingerprint density at radius 3 is 2.88 bits per heavy atom. The van der Waals surface area contributed by atoms with Crippen LogP contribution in [0, 0.1) is 0 Å². The molecule has 1 saturated heterocycles. The van der Waals surface area contributed by atoms with Crippen molar-refractivity contribution in [3.05, 3.63) is 47.2 Å². The summed E-state index contributed by atoms with van der Waals surface area (Å²) in [6.45, 7) is 3.67. The maximum atomic E-state index is 12.4. The minimum atomic E-state index is -0.243. The molecule has 138 valence electrons. The number of rotatable bonds is 5. The number of carbonyl (C=O) groups is 2. The van der Waals surface area contributed by atoms with E-state index in [2.05, 4.69) is 10.4 Å². The highest BCUT2D eigenvalue weighted by atomic mass is 35.5. The maximum Gasteiger partial charge on any atom is 0.317 e. The Bertz CT molecular complexity index is 806. The molecule has 1 aromatic carbocycles. The van der Waals surface area contributed by atoms with Gasteiger partial charge in [-0.2, -0.15) is 5.10 Å². The minimum absolute atomic E-state index is 0.0460. The molecule has 8 heteroatoms. The molecule has 0 radical (unpaired) electrons. The van der Waals surface area contributed by atoms with Crippen LogP contribution in [0.2, 0.25) is 5.02 Å². The number of aryl methyl sites for hydroxylation is 1. The summed E-state index contributed by atoms with van der Waals surface area (Å²) < 4.78 is 1.82. The fraction of sp³-hybridized carbons (Fsp3) is 0.389. The van der Waals surface area contributed by atoms with Gasteiger partial charge < -0.3 is 15.1 Å². The summed E-state index contributed by atoms with van der Waals surface area (Å²) in [6.07, 6.45) is 3.94. The normalized spacial score (nSPS) is 16.8. The predicted molar refractivity (Wildman–Crippen MR) is 100 cm³/mol. The molecular weight excluding hydrogens is 354 g/mol. The lowest BCUT2D eigenvalue weighted by atomic mass is 10.2. The quantitative estimate of drug-likeness (QED) is 0.872. The van der Waals surface area contributed by atoms with Crippen molar-refractivity contribution in [2.45, 2.75) is 32.5 Å². The van der Waals surface area contributed by atoms with Crippen molar-refractivity contribution in [3.63, 3.8) is 0 Å². The lowest BCUT2D eigenvalue weighted by Crippen LogP contribution is -2.43. The molecule has 0 bridgehead atoms. The standard InChI is InChI=1S/C18H22ClN5O2/c1-3-23-11-13(9-20-23)10-22(2)18(26)21-14-8-17(25)24(12-14)16-7-5-4-6-15(16)19/h4-7,9,11,14H,3,8,10,12H2,1-2H3,(H,21,26)/t14-/m0/s1. The molecule has 1 atom stereocenters. The van der Waals surface area contributed by atoms with Gasteiger partial charge in [0.15, 0.2) is 0 Å². The molecule has 1 aromatic heterocycles. The van der Waals surface area contributed by atoms with E-state index in [0.717, 1.165) is 12.1 Å². The number of halogens is 1. The van der Waals surface area contributed by atoms with Crippen LogP contribution in [-0.4, -0.2) is 46.3 Å². The zero-order valence-electron chi connectivity index (χ0n) is 14.9. The van der Waals surface area contributed by atoms with Gasteiger partial charge >= 0.3 is 6.03 Å². The summed E-state index contributed by atoms with van der Waals surface area (Å²) >= 11 is 6.18. The van der Waals surface area contributed by atoms with Gasteiger partial charge in [-0.15, -0.1) is 0 Å². The van der Waals surface area contributed by atoms with Gasteiger partial charge in [-0.3, -0.25) is 9.48 Å². The molecule has 0 unspecified atom stereocenters. The monoisotopic (exact) mass is 375 g/mol. The third-order valence-corrected chi connectivity index (χ3v) is 4.69. The molecule has 1 N–H and O–H groups in total. The average Bonchev–Trinajstić information content (AvgIpc) is 3.21. The second kappa shape index (κ2) is 7.78. The van der Waals surface area contributed by atoms with Crippen LogP contribution in [-0.2, 0) is 17.9 Å². The van der Waals surface area contributed by atoms with Gasteiger partial charge in [0.1, 0.15) is 0 Å². The number of amides is 3. The van der Waals surface area contributed by atoms with Gasteiger partial charge in [0.2, 0.25) is 5.91 Å². The zero-order valence-corrected chi connectivity index (χ0v) is 15.6. The first-order valence-electron chi connectivity index (χ1n) is 8.55. The predicted octanol–water partition coefficient (Wildman–Crippen LogP) is 2.50. The highest BCUT2D eigenvalue weighted by Crippen LogP contribution is 2.29. The minimum Gasteiger partial charge on any atom is -0.333 e. The number of hydrogen-bond donors (Lipinski definition) is 1. The van der Waals surface area contributed by atoms with E-state index in [4.69, 9.17) is 11.6 Å². The molecule has 3 rings (SSSR count). The van der Waals surface area contributed by atoms with Gasteiger partial charge in [0, 0.05) is 38.3 Å². The Morgan fingerprint density at radius 2 is 2.19 bits per heavy atom. The molecule has 3 amide bonds. The summed E-state index contributed by atoms with van der Waals surface area (Å²) in [5.74, 6) is -0.0460. The number of nitrogens with zero attached hydrogens (tertiary/aromatic N) is 4. The molecule has 2 heterocycles. The van der Waals surface area contributed by atoms with E-state index in [1.807, 2.05) is 36.0 Å². The molecule has 1 fully saturated rings. The Kier molecular flexibility index (Phi) is 5.46. The first kappa shape index (κ1) is 18.3. The van der Waals surface area contributed by atoms with Gasteiger partial charge in [0.25, 0.3) is 0 Å². The van der Waals surface area contributed by atoms with Crippen LogP contribution >= 0.6 is 11.6 Å². The summed E-state index contributed by atoms with van der Waals surface area (Å²) in [7, 11) is 1.72. The fourth-order valence-electron chi connectivity index (χ4n) is 3.00. The van der Waals surface area contributed by atoms with E-state index < -0.39 is 0 Å². The molecule has 26 heavy (non-hydrogen) atoms. The lowest BCUT2D eigenvalue weighted by molar-refractivity contribution is -0.117. The van der Waals surface area contributed by atoms with E-state index in [0.29, 0.717) is 23.8 Å². The number of carbonyl (C=O) groups excluding carboxylic acids is 2. The first-order chi connectivity index (χ1) is 12.5. The van der Waals surface area contributed by atoms with E-state index in [1.165, 1.54) is 0 Å². The Balaban J connectivity index is 1.58. The second-order valence-electron chi connectivity index (χ2n) is 6.37. The van der Waals surface area contributed by atoms with Crippen LogP contribution in [0.3, 0.4) is 0 Å². The lowest BCUT2D eigenvalue weighted by Gasteiger charge is -2.21. The van der Waals surface area contributed by atoms with Crippen LogP contribution in [0.25, 0.3) is 0 Å².